The highest BCUT2D eigenvalue weighted by molar-refractivity contribution is 9.10. The van der Waals surface area contributed by atoms with E-state index >= 15 is 0 Å². The average molecular weight is 365 g/mol. The van der Waals surface area contributed by atoms with Gasteiger partial charge in [-0.1, -0.05) is 21.1 Å². The molecule has 1 heterocycles. The van der Waals surface area contributed by atoms with E-state index < -0.39 is 18.4 Å². The van der Waals surface area contributed by atoms with E-state index in [1.807, 2.05) is 24.3 Å². The first-order valence-electron chi connectivity index (χ1n) is 6.78. The van der Waals surface area contributed by atoms with Gasteiger partial charge in [0.25, 0.3) is 5.91 Å². The minimum Gasteiger partial charge on any atom is -0.480 e. The Morgan fingerprint density at radius 2 is 2.00 bits per heavy atom. The highest BCUT2D eigenvalue weighted by atomic mass is 79.9. The van der Waals surface area contributed by atoms with E-state index in [9.17, 15) is 9.59 Å². The summed E-state index contributed by atoms with van der Waals surface area (Å²) in [6, 6.07) is 7.53. The summed E-state index contributed by atoms with van der Waals surface area (Å²) in [5.41, 5.74) is 1.76. The van der Waals surface area contributed by atoms with Gasteiger partial charge in [0.2, 0.25) is 0 Å². The number of nitrogens with one attached hydrogen (secondary N) is 1. The Hall–Kier alpha value is -2.22. The number of carboxylic acid groups (broad SMARTS) is 1. The van der Waals surface area contributed by atoms with Crippen molar-refractivity contribution >= 4 is 27.8 Å². The number of carbonyl (C=O) groups is 2. The zero-order chi connectivity index (χ0) is 15.7. The quantitative estimate of drug-likeness (QED) is 0.841. The van der Waals surface area contributed by atoms with Crippen LogP contribution >= 0.6 is 15.9 Å². The Labute approximate surface area is 134 Å². The van der Waals surface area contributed by atoms with E-state index in [1.54, 1.807) is 4.68 Å². The van der Waals surface area contributed by atoms with Gasteiger partial charge in [-0.05, 0) is 37.1 Å². The van der Waals surface area contributed by atoms with Crippen LogP contribution in [0.4, 0.5) is 0 Å². The second-order valence-electron chi connectivity index (χ2n) is 5.06. The predicted molar refractivity (Wildman–Crippen MR) is 81.0 cm³/mol. The SMILES string of the molecule is O=C(O)CNC(=O)c1nnn(-c2ccc(Br)cc2)c1C1CC1. The maximum atomic E-state index is 12.1. The molecule has 1 aromatic carbocycles. The van der Waals surface area contributed by atoms with Crippen LogP contribution in [0.5, 0.6) is 0 Å². The first kappa shape index (κ1) is 14.7. The summed E-state index contributed by atoms with van der Waals surface area (Å²) in [6.07, 6.45) is 1.95. The fourth-order valence-corrected chi connectivity index (χ4v) is 2.45. The number of hydrogen-bond acceptors (Lipinski definition) is 4. The van der Waals surface area contributed by atoms with Gasteiger partial charge in [-0.25, -0.2) is 4.68 Å². The van der Waals surface area contributed by atoms with E-state index in [0.29, 0.717) is 0 Å². The number of halogens is 1. The number of carboxylic acids is 1. The van der Waals surface area contributed by atoms with Gasteiger partial charge in [0.1, 0.15) is 6.54 Å². The molecule has 2 N–H and O–H groups in total. The van der Waals surface area contributed by atoms with Gasteiger partial charge in [-0.2, -0.15) is 0 Å². The molecule has 1 amide bonds. The summed E-state index contributed by atoms with van der Waals surface area (Å²) >= 11 is 3.38. The zero-order valence-corrected chi connectivity index (χ0v) is 13.1. The molecule has 0 atom stereocenters. The van der Waals surface area contributed by atoms with Gasteiger partial charge in [0, 0.05) is 10.4 Å². The summed E-state index contributed by atoms with van der Waals surface area (Å²) in [5.74, 6) is -1.36. The standard InChI is InChI=1S/C14H13BrN4O3/c15-9-3-5-10(6-4-9)19-13(8-1-2-8)12(17-18-19)14(22)16-7-11(20)21/h3-6,8H,1-2,7H2,(H,16,22)(H,20,21). The van der Waals surface area contributed by atoms with Crippen molar-refractivity contribution in [3.63, 3.8) is 0 Å². The lowest BCUT2D eigenvalue weighted by atomic mass is 10.2. The first-order chi connectivity index (χ1) is 10.6. The van der Waals surface area contributed by atoms with Crippen molar-refractivity contribution in [3.05, 3.63) is 40.1 Å². The molecule has 2 aromatic rings. The van der Waals surface area contributed by atoms with Crippen molar-refractivity contribution < 1.29 is 14.7 Å². The van der Waals surface area contributed by atoms with Gasteiger partial charge in [0.05, 0.1) is 11.4 Å². The molecule has 1 aromatic heterocycles. The third kappa shape index (κ3) is 3.01. The molecule has 0 radical (unpaired) electrons. The van der Waals surface area contributed by atoms with Gasteiger partial charge < -0.3 is 10.4 Å². The maximum absolute atomic E-state index is 12.1. The van der Waals surface area contributed by atoms with Crippen molar-refractivity contribution in [2.75, 3.05) is 6.54 Å². The molecule has 114 valence electrons. The van der Waals surface area contributed by atoms with Crippen LogP contribution in [-0.4, -0.2) is 38.5 Å². The number of benzene rings is 1. The molecule has 1 fully saturated rings. The van der Waals surface area contributed by atoms with Crippen LogP contribution in [0, 0.1) is 0 Å². The van der Waals surface area contributed by atoms with Crippen molar-refractivity contribution in [1.29, 1.82) is 0 Å². The minimum absolute atomic E-state index is 0.201. The van der Waals surface area contributed by atoms with Crippen LogP contribution in [-0.2, 0) is 4.79 Å². The molecular weight excluding hydrogens is 352 g/mol. The number of carbonyl (C=O) groups excluding carboxylic acids is 1. The fourth-order valence-electron chi connectivity index (χ4n) is 2.19. The Kier molecular flexibility index (Phi) is 3.93. The largest absolute Gasteiger partial charge is 0.480 e. The Morgan fingerprint density at radius 1 is 1.32 bits per heavy atom. The monoisotopic (exact) mass is 364 g/mol. The normalized spacial score (nSPS) is 13.9. The van der Waals surface area contributed by atoms with Gasteiger partial charge in [0.15, 0.2) is 5.69 Å². The smallest absolute Gasteiger partial charge is 0.322 e. The molecule has 1 aliphatic carbocycles. The summed E-state index contributed by atoms with van der Waals surface area (Å²) in [6.45, 7) is -0.436. The van der Waals surface area contributed by atoms with E-state index in [2.05, 4.69) is 31.6 Å². The maximum Gasteiger partial charge on any atom is 0.322 e. The number of hydrogen-bond donors (Lipinski definition) is 2. The van der Waals surface area contributed by atoms with E-state index in [0.717, 1.165) is 28.7 Å². The summed E-state index contributed by atoms with van der Waals surface area (Å²) in [4.78, 5) is 22.7. The molecule has 1 saturated carbocycles. The molecular formula is C14H13BrN4O3. The molecule has 0 aliphatic heterocycles. The number of aliphatic carboxylic acids is 1. The molecule has 0 unspecified atom stereocenters. The number of rotatable bonds is 5. The fraction of sp³-hybridized carbons (Fsp3) is 0.286. The first-order valence-corrected chi connectivity index (χ1v) is 7.57. The zero-order valence-electron chi connectivity index (χ0n) is 11.5. The lowest BCUT2D eigenvalue weighted by Gasteiger charge is -2.07. The van der Waals surface area contributed by atoms with Crippen LogP contribution < -0.4 is 5.32 Å². The Balaban J connectivity index is 1.94. The van der Waals surface area contributed by atoms with Crippen LogP contribution in [0.2, 0.25) is 0 Å². The number of aromatic nitrogens is 3. The molecule has 0 bridgehead atoms. The molecule has 0 saturated heterocycles. The van der Waals surface area contributed by atoms with Crippen LogP contribution in [0.25, 0.3) is 5.69 Å². The van der Waals surface area contributed by atoms with Crippen LogP contribution in [0.3, 0.4) is 0 Å². The minimum atomic E-state index is -1.10. The second-order valence-corrected chi connectivity index (χ2v) is 5.98. The highest BCUT2D eigenvalue weighted by Crippen LogP contribution is 2.41. The highest BCUT2D eigenvalue weighted by Gasteiger charge is 2.34. The van der Waals surface area contributed by atoms with Crippen LogP contribution in [0.15, 0.2) is 28.7 Å². The van der Waals surface area contributed by atoms with Gasteiger partial charge in [-0.3, -0.25) is 9.59 Å². The second kappa shape index (κ2) is 5.88. The van der Waals surface area contributed by atoms with E-state index in [-0.39, 0.29) is 11.6 Å². The summed E-state index contributed by atoms with van der Waals surface area (Å²) < 4.78 is 2.60. The Morgan fingerprint density at radius 3 is 2.59 bits per heavy atom. The lowest BCUT2D eigenvalue weighted by Crippen LogP contribution is -2.30. The molecule has 22 heavy (non-hydrogen) atoms. The number of nitrogens with zero attached hydrogens (tertiary/aromatic N) is 3. The molecule has 3 rings (SSSR count). The van der Waals surface area contributed by atoms with Crippen molar-refractivity contribution in [2.24, 2.45) is 0 Å². The molecule has 0 spiro atoms. The van der Waals surface area contributed by atoms with E-state index in [1.165, 1.54) is 0 Å². The topological polar surface area (TPSA) is 97.1 Å². The Bertz CT molecular complexity index is 722. The predicted octanol–water partition coefficient (Wildman–Crippen LogP) is 1.72. The third-order valence-electron chi connectivity index (χ3n) is 3.36. The van der Waals surface area contributed by atoms with Crippen LogP contribution in [0.1, 0.15) is 34.9 Å². The van der Waals surface area contributed by atoms with Gasteiger partial charge in [-0.15, -0.1) is 5.10 Å². The number of amides is 1. The van der Waals surface area contributed by atoms with Crippen molar-refractivity contribution in [1.82, 2.24) is 20.3 Å². The third-order valence-corrected chi connectivity index (χ3v) is 3.88. The molecule has 1 aliphatic rings. The van der Waals surface area contributed by atoms with E-state index in [4.69, 9.17) is 5.11 Å². The van der Waals surface area contributed by atoms with Crippen molar-refractivity contribution in [2.45, 2.75) is 18.8 Å². The summed E-state index contributed by atoms with van der Waals surface area (Å²) in [7, 11) is 0. The molecule has 7 nitrogen and oxygen atoms in total. The van der Waals surface area contributed by atoms with Gasteiger partial charge >= 0.3 is 5.97 Å². The molecule has 8 heteroatoms. The van der Waals surface area contributed by atoms with Crippen molar-refractivity contribution in [3.8, 4) is 5.69 Å². The summed E-state index contributed by atoms with van der Waals surface area (Å²) in [5, 5.41) is 19.0. The lowest BCUT2D eigenvalue weighted by molar-refractivity contribution is -0.135. The average Bonchev–Trinajstić information content (AvgIpc) is 3.24.